The topological polar surface area (TPSA) is 63.3 Å². The second-order valence-corrected chi connectivity index (χ2v) is 12.9. The van der Waals surface area contributed by atoms with E-state index in [0.29, 0.717) is 17.8 Å². The van der Waals surface area contributed by atoms with E-state index in [-0.39, 0.29) is 31.6 Å². The number of allylic oxidation sites excluding steroid dienone is 2. The number of rotatable bonds is 5. The van der Waals surface area contributed by atoms with Gasteiger partial charge in [-0.15, -0.1) is 17.7 Å². The Kier molecular flexibility index (Phi) is 10.1. The Bertz CT molecular complexity index is 1820. The van der Waals surface area contributed by atoms with Gasteiger partial charge in [0.15, 0.2) is 5.78 Å². The number of furan rings is 1. The zero-order chi connectivity index (χ0) is 30.1. The first kappa shape index (κ1) is 32.1. The van der Waals surface area contributed by atoms with Crippen molar-refractivity contribution in [3.63, 3.8) is 0 Å². The number of aliphatic hydroxyl groups excluding tert-OH is 1. The Morgan fingerprint density at radius 1 is 0.909 bits per heavy atom. The minimum atomic E-state index is -0.125. The predicted octanol–water partition coefficient (Wildman–Crippen LogP) is 11.1. The summed E-state index contributed by atoms with van der Waals surface area (Å²) in [4.78, 5) is 15.0. The smallest absolute Gasteiger partial charge is 0.155 e. The van der Waals surface area contributed by atoms with E-state index in [2.05, 4.69) is 68.4 Å². The average molecular weight is 765 g/mol. The summed E-state index contributed by atoms with van der Waals surface area (Å²) in [5, 5.41) is 13.2. The van der Waals surface area contributed by atoms with Crippen molar-refractivity contribution >= 4 is 38.5 Å². The minimum Gasteiger partial charge on any atom is -0.512 e. The number of pyridine rings is 1. The molecule has 0 saturated heterocycles. The second kappa shape index (κ2) is 13.8. The first-order valence-corrected chi connectivity index (χ1v) is 16.0. The summed E-state index contributed by atoms with van der Waals surface area (Å²) < 4.78 is 6.63. The summed E-state index contributed by atoms with van der Waals surface area (Å²) in [6.45, 7) is 7.32. The van der Waals surface area contributed by atoms with Gasteiger partial charge >= 0.3 is 0 Å². The van der Waals surface area contributed by atoms with Crippen LogP contribution in [0.1, 0.15) is 114 Å². The van der Waals surface area contributed by atoms with E-state index in [1.807, 2.05) is 6.20 Å². The third-order valence-electron chi connectivity index (χ3n) is 9.27. The predicted molar refractivity (Wildman–Crippen MR) is 177 cm³/mol. The third-order valence-corrected chi connectivity index (χ3v) is 9.27. The standard InChI is InChI=1S/C34H34NO.C5H8O2.Ir/c1-21(2)24-11-14-29-30-18-27(23-9-5-6-10-23)19-31(34(30)36-32(29)20-24)33-28-13-12-25(22-7-3-4-8-22)17-26(28)15-16-35-33;1-4(6)3-5(2)7;/h11-18,20-23H,3-10H2,1-2H3;3,6H,1-2H3;/q-1;;/b;4-3-;. The van der Waals surface area contributed by atoms with Gasteiger partial charge in [0.1, 0.15) is 5.58 Å². The van der Waals surface area contributed by atoms with E-state index < -0.39 is 0 Å². The molecule has 3 aromatic carbocycles. The first-order valence-electron chi connectivity index (χ1n) is 16.0. The van der Waals surface area contributed by atoms with Crippen LogP contribution in [-0.4, -0.2) is 15.9 Å². The Labute approximate surface area is 274 Å². The summed E-state index contributed by atoms with van der Waals surface area (Å²) >= 11 is 0. The maximum absolute atomic E-state index is 10.0. The monoisotopic (exact) mass is 765 g/mol. The fraction of sp³-hybridized carbons (Fsp3) is 0.385. The Balaban J connectivity index is 0.000000433. The number of aromatic nitrogens is 1. The zero-order valence-electron chi connectivity index (χ0n) is 26.2. The molecule has 7 rings (SSSR count). The fourth-order valence-corrected chi connectivity index (χ4v) is 7.04. The molecule has 0 bridgehead atoms. The molecule has 0 unspecified atom stereocenters. The van der Waals surface area contributed by atoms with Gasteiger partial charge in [-0.3, -0.25) is 4.79 Å². The van der Waals surface area contributed by atoms with Crippen LogP contribution in [0.25, 0.3) is 44.0 Å². The number of benzene rings is 3. The molecule has 2 saturated carbocycles. The summed E-state index contributed by atoms with van der Waals surface area (Å²) in [7, 11) is 0. The van der Waals surface area contributed by atoms with E-state index in [4.69, 9.17) is 14.5 Å². The number of hydrogen-bond acceptors (Lipinski definition) is 4. The van der Waals surface area contributed by atoms with Gasteiger partial charge in [0.2, 0.25) is 0 Å². The molecule has 2 aromatic heterocycles. The molecule has 5 heteroatoms. The van der Waals surface area contributed by atoms with Crippen molar-refractivity contribution in [2.24, 2.45) is 0 Å². The van der Waals surface area contributed by atoms with Crippen LogP contribution in [0.5, 0.6) is 0 Å². The molecular weight excluding hydrogens is 723 g/mol. The average Bonchev–Trinajstić information content (AvgIpc) is 3.77. The summed E-state index contributed by atoms with van der Waals surface area (Å²) in [6, 6.07) is 22.2. The molecule has 0 atom stereocenters. The van der Waals surface area contributed by atoms with Gasteiger partial charge in [-0.1, -0.05) is 80.8 Å². The maximum Gasteiger partial charge on any atom is 0.155 e. The zero-order valence-corrected chi connectivity index (χ0v) is 28.6. The van der Waals surface area contributed by atoms with Crippen molar-refractivity contribution in [1.29, 1.82) is 0 Å². The number of ketones is 1. The van der Waals surface area contributed by atoms with Gasteiger partial charge in [-0.2, -0.15) is 0 Å². The van der Waals surface area contributed by atoms with Crippen molar-refractivity contribution in [1.82, 2.24) is 4.98 Å². The van der Waals surface area contributed by atoms with Crippen LogP contribution >= 0.6 is 0 Å². The van der Waals surface area contributed by atoms with Gasteiger partial charge in [0.05, 0.1) is 11.3 Å². The van der Waals surface area contributed by atoms with Crippen LogP contribution in [0.3, 0.4) is 0 Å². The molecule has 1 radical (unpaired) electrons. The van der Waals surface area contributed by atoms with Crippen molar-refractivity contribution in [3.05, 3.63) is 89.3 Å². The number of aliphatic hydroxyl groups is 1. The first-order chi connectivity index (χ1) is 20.8. The van der Waals surface area contributed by atoms with Crippen molar-refractivity contribution < 1.29 is 34.4 Å². The molecule has 1 N–H and O–H groups in total. The number of carbonyl (C=O) groups is 1. The molecule has 0 aliphatic heterocycles. The van der Waals surface area contributed by atoms with E-state index in [1.54, 1.807) is 0 Å². The maximum atomic E-state index is 10.0. The normalized spacial score (nSPS) is 16.1. The largest absolute Gasteiger partial charge is 0.512 e. The number of nitrogens with zero attached hydrogens (tertiary/aromatic N) is 1. The molecule has 0 spiro atoms. The molecular formula is C39H42IrNO3-. The molecule has 2 heterocycles. The number of carbonyl (C=O) groups excluding carboxylic acids is 1. The molecule has 44 heavy (non-hydrogen) atoms. The quantitative estimate of drug-likeness (QED) is 0.110. The van der Waals surface area contributed by atoms with Crippen LogP contribution in [0, 0.1) is 6.07 Å². The molecule has 2 fully saturated rings. The molecule has 4 nitrogen and oxygen atoms in total. The summed E-state index contributed by atoms with van der Waals surface area (Å²) in [5.41, 5.74) is 8.04. The van der Waals surface area contributed by atoms with Gasteiger partial charge in [-0.05, 0) is 97.0 Å². The summed E-state index contributed by atoms with van der Waals surface area (Å²) in [6.07, 6.45) is 13.6. The third kappa shape index (κ3) is 6.70. The van der Waals surface area contributed by atoms with Gasteiger partial charge in [-0.25, -0.2) is 0 Å². The van der Waals surface area contributed by atoms with Crippen LogP contribution in [-0.2, 0) is 24.9 Å². The number of hydrogen-bond donors (Lipinski definition) is 1. The van der Waals surface area contributed by atoms with E-state index in [1.165, 1.54) is 110 Å². The molecule has 2 aliphatic carbocycles. The van der Waals surface area contributed by atoms with E-state index in [9.17, 15) is 4.79 Å². The minimum absolute atomic E-state index is 0. The Morgan fingerprint density at radius 3 is 2.23 bits per heavy atom. The van der Waals surface area contributed by atoms with Crippen LogP contribution in [0.4, 0.5) is 0 Å². The molecule has 231 valence electrons. The summed E-state index contributed by atoms with van der Waals surface area (Å²) in [5.74, 6) is 1.70. The Hall–Kier alpha value is -3.27. The van der Waals surface area contributed by atoms with Crippen LogP contribution in [0.15, 0.2) is 71.0 Å². The number of fused-ring (bicyclic) bond motifs is 4. The SMILES string of the molecule is CC(=O)/C=C(/C)O.CC(C)c1ccc2c(c1)oc1c(-c3nccc4cc(C5CCCC5)ccc34)[c-]c(C3CCCC3)cc12.[Ir]. The van der Waals surface area contributed by atoms with E-state index >= 15 is 0 Å². The van der Waals surface area contributed by atoms with Gasteiger partial charge in [0.25, 0.3) is 0 Å². The van der Waals surface area contributed by atoms with Gasteiger partial charge < -0.3 is 14.5 Å². The molecule has 2 aliphatic rings. The van der Waals surface area contributed by atoms with Crippen molar-refractivity contribution in [3.8, 4) is 11.3 Å². The molecule has 0 amide bonds. The second-order valence-electron chi connectivity index (χ2n) is 12.9. The van der Waals surface area contributed by atoms with Crippen molar-refractivity contribution in [2.75, 3.05) is 0 Å². The Morgan fingerprint density at radius 2 is 1.59 bits per heavy atom. The fourth-order valence-electron chi connectivity index (χ4n) is 7.04. The van der Waals surface area contributed by atoms with E-state index in [0.717, 1.165) is 22.4 Å². The van der Waals surface area contributed by atoms with Gasteiger partial charge in [0, 0.05) is 37.8 Å². The van der Waals surface area contributed by atoms with Crippen molar-refractivity contribution in [2.45, 2.75) is 96.8 Å². The molecule has 5 aromatic rings. The van der Waals surface area contributed by atoms with Crippen LogP contribution < -0.4 is 0 Å². The van der Waals surface area contributed by atoms with Crippen LogP contribution in [0.2, 0.25) is 0 Å².